The van der Waals surface area contributed by atoms with Crippen molar-refractivity contribution in [3.05, 3.63) is 64.8 Å². The van der Waals surface area contributed by atoms with Crippen LogP contribution in [0.15, 0.2) is 59.2 Å². The molecule has 0 spiro atoms. The number of allylic oxidation sites excluding steroid dienone is 6. The molecule has 4 aliphatic carbocycles. The lowest BCUT2D eigenvalue weighted by Crippen LogP contribution is -2.40. The molecule has 0 saturated heterocycles. The fourth-order valence-corrected chi connectivity index (χ4v) is 6.31. The largest absolute Gasteiger partial charge is 0.299 e. The van der Waals surface area contributed by atoms with Gasteiger partial charge in [-0.05, 0) is 60.3 Å². The van der Waals surface area contributed by atoms with Crippen molar-refractivity contribution in [3.63, 3.8) is 0 Å². The molecule has 1 nitrogen and oxygen atoms in total. The molecule has 1 aromatic carbocycles. The van der Waals surface area contributed by atoms with E-state index in [0.29, 0.717) is 11.7 Å². The van der Waals surface area contributed by atoms with Gasteiger partial charge in [-0.2, -0.15) is 0 Å². The number of ketones is 1. The summed E-state index contributed by atoms with van der Waals surface area (Å²) in [6, 6.07) is 10.9. The van der Waals surface area contributed by atoms with Crippen LogP contribution >= 0.6 is 0 Å². The van der Waals surface area contributed by atoms with Gasteiger partial charge in [-0.3, -0.25) is 4.79 Å². The van der Waals surface area contributed by atoms with Gasteiger partial charge < -0.3 is 0 Å². The van der Waals surface area contributed by atoms with Crippen molar-refractivity contribution in [2.24, 2.45) is 16.7 Å². The predicted octanol–water partition coefficient (Wildman–Crippen LogP) is 6.28. The summed E-state index contributed by atoms with van der Waals surface area (Å²) in [5, 5.41) is 0. The second-order valence-corrected chi connectivity index (χ2v) is 9.18. The van der Waals surface area contributed by atoms with Crippen LogP contribution in [0.1, 0.15) is 64.4 Å². The first-order chi connectivity index (χ1) is 12.5. The summed E-state index contributed by atoms with van der Waals surface area (Å²) in [6.07, 6.45) is 12.6. The molecule has 3 atom stereocenters. The third-order valence-electron chi connectivity index (χ3n) is 7.80. The first-order valence-electron chi connectivity index (χ1n) is 10.3. The quantitative estimate of drug-likeness (QED) is 0.586. The number of rotatable bonds is 1. The van der Waals surface area contributed by atoms with E-state index in [1.165, 1.54) is 42.4 Å². The van der Waals surface area contributed by atoms with E-state index < -0.39 is 0 Å². The van der Waals surface area contributed by atoms with Crippen LogP contribution in [0, 0.1) is 16.7 Å². The lowest BCUT2D eigenvalue weighted by Gasteiger charge is -2.50. The Morgan fingerprint density at radius 3 is 2.62 bits per heavy atom. The van der Waals surface area contributed by atoms with Gasteiger partial charge >= 0.3 is 0 Å². The molecule has 0 heterocycles. The van der Waals surface area contributed by atoms with Gasteiger partial charge in [0.1, 0.15) is 5.78 Å². The van der Waals surface area contributed by atoms with E-state index >= 15 is 0 Å². The maximum absolute atomic E-state index is 12.9. The molecular formula is C25H28O. The fraction of sp³-hybridized carbons (Fsp3) is 0.480. The zero-order chi connectivity index (χ0) is 17.9. The van der Waals surface area contributed by atoms with Crippen molar-refractivity contribution in [2.45, 2.75) is 58.8 Å². The average Bonchev–Trinajstić information content (AvgIpc) is 2.96. The van der Waals surface area contributed by atoms with Gasteiger partial charge in [-0.1, -0.05) is 68.3 Å². The molecule has 0 radical (unpaired) electrons. The number of benzene rings is 1. The minimum Gasteiger partial charge on any atom is -0.299 e. The van der Waals surface area contributed by atoms with Gasteiger partial charge in [0.05, 0.1) is 0 Å². The molecule has 0 unspecified atom stereocenters. The number of Topliss-reactive ketones (excluding diaryl/α,β-unsaturated/α-hetero) is 1. The van der Waals surface area contributed by atoms with Gasteiger partial charge in [0.2, 0.25) is 0 Å². The van der Waals surface area contributed by atoms with E-state index in [-0.39, 0.29) is 10.8 Å². The van der Waals surface area contributed by atoms with Crippen LogP contribution in [0.5, 0.6) is 0 Å². The number of hydrogen-bond acceptors (Lipinski definition) is 1. The summed E-state index contributed by atoms with van der Waals surface area (Å²) in [7, 11) is 0. The first-order valence-corrected chi connectivity index (χ1v) is 10.3. The van der Waals surface area contributed by atoms with E-state index in [0.717, 1.165) is 19.3 Å². The maximum Gasteiger partial charge on any atom is 0.139 e. The topological polar surface area (TPSA) is 17.1 Å². The Labute approximate surface area is 156 Å². The summed E-state index contributed by atoms with van der Waals surface area (Å²) in [5.74, 6) is 0.883. The van der Waals surface area contributed by atoms with E-state index in [9.17, 15) is 4.79 Å². The molecule has 5 rings (SSSR count). The molecule has 134 valence electrons. The van der Waals surface area contributed by atoms with Crippen molar-refractivity contribution < 1.29 is 4.79 Å². The summed E-state index contributed by atoms with van der Waals surface area (Å²) in [4.78, 5) is 12.9. The highest BCUT2D eigenvalue weighted by Gasteiger charge is 2.54. The monoisotopic (exact) mass is 344 g/mol. The molecule has 0 amide bonds. The van der Waals surface area contributed by atoms with Gasteiger partial charge in [0, 0.05) is 17.3 Å². The van der Waals surface area contributed by atoms with Gasteiger partial charge in [0.25, 0.3) is 0 Å². The fourth-order valence-electron chi connectivity index (χ4n) is 6.31. The SMILES string of the molecule is C[C@]12CCCCC1=CC=C1C2=C(c2ccccc2)C[C@]2(C)C(=O)CC[C@@H]12. The van der Waals surface area contributed by atoms with Crippen LogP contribution in [0.4, 0.5) is 0 Å². The lowest BCUT2D eigenvalue weighted by atomic mass is 9.53. The van der Waals surface area contributed by atoms with Crippen molar-refractivity contribution >= 4 is 11.4 Å². The number of hydrogen-bond donors (Lipinski definition) is 0. The summed E-state index contributed by atoms with van der Waals surface area (Å²) in [5.41, 5.74) is 7.40. The molecule has 1 heteroatoms. The first kappa shape index (κ1) is 16.3. The number of carbonyl (C=O) groups excluding carboxylic acids is 1. The molecule has 2 saturated carbocycles. The Morgan fingerprint density at radius 2 is 1.81 bits per heavy atom. The predicted molar refractivity (Wildman–Crippen MR) is 107 cm³/mol. The third kappa shape index (κ3) is 2.06. The Kier molecular flexibility index (Phi) is 3.48. The van der Waals surface area contributed by atoms with Crippen LogP contribution in [0.3, 0.4) is 0 Å². The van der Waals surface area contributed by atoms with Gasteiger partial charge in [-0.15, -0.1) is 0 Å². The minimum absolute atomic E-state index is 0.167. The van der Waals surface area contributed by atoms with Crippen molar-refractivity contribution in [1.29, 1.82) is 0 Å². The standard InChI is InChI=1S/C25H28O/c1-24-15-7-6-10-18(24)11-12-19-21-13-14-22(26)25(21,2)16-20(23(19)24)17-8-4-3-5-9-17/h3-5,8-9,11-12,21H,6-7,10,13-16H2,1-2H3/t21-,24-,25-/m0/s1. The number of carbonyl (C=O) groups is 1. The van der Waals surface area contributed by atoms with Gasteiger partial charge in [0.15, 0.2) is 0 Å². The lowest BCUT2D eigenvalue weighted by molar-refractivity contribution is -0.125. The average molecular weight is 344 g/mol. The van der Waals surface area contributed by atoms with Crippen LogP contribution in [0.2, 0.25) is 0 Å². The van der Waals surface area contributed by atoms with Crippen LogP contribution < -0.4 is 0 Å². The molecule has 0 aliphatic heterocycles. The molecular weight excluding hydrogens is 316 g/mol. The highest BCUT2D eigenvalue weighted by molar-refractivity contribution is 5.93. The van der Waals surface area contributed by atoms with E-state index in [1.807, 2.05) is 0 Å². The van der Waals surface area contributed by atoms with Crippen molar-refractivity contribution in [2.75, 3.05) is 0 Å². The van der Waals surface area contributed by atoms with Crippen molar-refractivity contribution in [1.82, 2.24) is 0 Å². The number of fused-ring (bicyclic) bond motifs is 5. The molecule has 0 N–H and O–H groups in total. The molecule has 0 bridgehead atoms. The van der Waals surface area contributed by atoms with Crippen LogP contribution in [0.25, 0.3) is 5.57 Å². The summed E-state index contributed by atoms with van der Waals surface area (Å²) in [6.45, 7) is 4.71. The zero-order valence-electron chi connectivity index (χ0n) is 16.0. The molecule has 0 aromatic heterocycles. The molecule has 1 aromatic rings. The second kappa shape index (κ2) is 5.55. The van der Waals surface area contributed by atoms with E-state index in [2.05, 4.69) is 56.3 Å². The van der Waals surface area contributed by atoms with Crippen molar-refractivity contribution in [3.8, 4) is 0 Å². The highest BCUT2D eigenvalue weighted by atomic mass is 16.1. The Balaban J connectivity index is 1.79. The zero-order valence-corrected chi connectivity index (χ0v) is 16.0. The maximum atomic E-state index is 12.9. The minimum atomic E-state index is -0.211. The summed E-state index contributed by atoms with van der Waals surface area (Å²) < 4.78 is 0. The molecule has 4 aliphatic rings. The second-order valence-electron chi connectivity index (χ2n) is 9.18. The Hall–Kier alpha value is -1.89. The third-order valence-corrected chi connectivity index (χ3v) is 7.80. The van der Waals surface area contributed by atoms with Crippen LogP contribution in [-0.4, -0.2) is 5.78 Å². The smallest absolute Gasteiger partial charge is 0.139 e. The summed E-state index contributed by atoms with van der Waals surface area (Å²) >= 11 is 0. The Bertz CT molecular complexity index is 869. The normalized spacial score (nSPS) is 36.1. The molecule has 26 heavy (non-hydrogen) atoms. The highest BCUT2D eigenvalue weighted by Crippen LogP contribution is 2.63. The van der Waals surface area contributed by atoms with Gasteiger partial charge in [-0.25, -0.2) is 0 Å². The van der Waals surface area contributed by atoms with E-state index in [1.54, 1.807) is 11.1 Å². The Morgan fingerprint density at radius 1 is 1.00 bits per heavy atom. The van der Waals surface area contributed by atoms with E-state index in [4.69, 9.17) is 0 Å². The van der Waals surface area contributed by atoms with Crippen LogP contribution in [-0.2, 0) is 4.79 Å². The molecule has 2 fully saturated rings.